The van der Waals surface area contributed by atoms with Gasteiger partial charge in [-0.05, 0) is 31.7 Å². The SMILES string of the molecule is CC(C)(C(N)=NO)N1CCN(CCc2cccs2)CC1. The number of rotatable bonds is 5. The molecule has 0 spiro atoms. The summed E-state index contributed by atoms with van der Waals surface area (Å²) in [6, 6.07) is 4.31. The molecule has 1 fully saturated rings. The number of oxime groups is 1. The standard InChI is InChI=1S/C14H24N4OS/c1-14(2,13(15)16-19)18-9-7-17(8-10-18)6-5-12-4-3-11-20-12/h3-4,11,19H,5-10H2,1-2H3,(H2,15,16). The number of hydrogen-bond donors (Lipinski definition) is 2. The van der Waals surface area contributed by atoms with Gasteiger partial charge in [0, 0.05) is 37.6 Å². The maximum absolute atomic E-state index is 8.87. The summed E-state index contributed by atoms with van der Waals surface area (Å²) in [6.07, 6.45) is 1.13. The number of nitrogens with zero attached hydrogens (tertiary/aromatic N) is 3. The highest BCUT2D eigenvalue weighted by atomic mass is 32.1. The molecule has 20 heavy (non-hydrogen) atoms. The zero-order valence-electron chi connectivity index (χ0n) is 12.2. The van der Waals surface area contributed by atoms with Crippen LogP contribution in [0.4, 0.5) is 0 Å². The highest BCUT2D eigenvalue weighted by Gasteiger charge is 2.33. The molecule has 0 unspecified atom stereocenters. The second-order valence-corrected chi connectivity index (χ2v) is 6.73. The summed E-state index contributed by atoms with van der Waals surface area (Å²) in [5, 5.41) is 14.2. The average Bonchev–Trinajstić information content (AvgIpc) is 2.98. The van der Waals surface area contributed by atoms with Crippen LogP contribution >= 0.6 is 11.3 Å². The molecular formula is C14H24N4OS. The van der Waals surface area contributed by atoms with Gasteiger partial charge in [-0.25, -0.2) is 0 Å². The molecule has 1 aliphatic heterocycles. The fraction of sp³-hybridized carbons (Fsp3) is 0.643. The molecular weight excluding hydrogens is 272 g/mol. The molecule has 6 heteroatoms. The number of piperazine rings is 1. The van der Waals surface area contributed by atoms with Gasteiger partial charge in [-0.1, -0.05) is 11.2 Å². The lowest BCUT2D eigenvalue weighted by Crippen LogP contribution is -2.59. The molecule has 0 aliphatic carbocycles. The Morgan fingerprint density at radius 3 is 2.65 bits per heavy atom. The third kappa shape index (κ3) is 3.50. The van der Waals surface area contributed by atoms with E-state index < -0.39 is 0 Å². The lowest BCUT2D eigenvalue weighted by atomic mass is 10.0. The monoisotopic (exact) mass is 296 g/mol. The van der Waals surface area contributed by atoms with Crippen LogP contribution in [-0.2, 0) is 6.42 Å². The van der Waals surface area contributed by atoms with Crippen LogP contribution in [0.25, 0.3) is 0 Å². The minimum absolute atomic E-state index is 0.282. The maximum atomic E-state index is 8.87. The van der Waals surface area contributed by atoms with E-state index in [1.807, 2.05) is 25.2 Å². The van der Waals surface area contributed by atoms with Crippen molar-refractivity contribution >= 4 is 17.2 Å². The number of nitrogens with two attached hydrogens (primary N) is 1. The van der Waals surface area contributed by atoms with E-state index in [4.69, 9.17) is 10.9 Å². The second kappa shape index (κ2) is 6.56. The number of thiophene rings is 1. The predicted octanol–water partition coefficient (Wildman–Crippen LogP) is 1.43. The predicted molar refractivity (Wildman–Crippen MR) is 83.5 cm³/mol. The Labute approximate surface area is 124 Å². The molecule has 1 aromatic rings. The highest BCUT2D eigenvalue weighted by molar-refractivity contribution is 7.09. The third-order valence-corrected chi connectivity index (χ3v) is 5.09. The van der Waals surface area contributed by atoms with Crippen molar-refractivity contribution < 1.29 is 5.21 Å². The van der Waals surface area contributed by atoms with E-state index in [0.29, 0.717) is 0 Å². The summed E-state index contributed by atoms with van der Waals surface area (Å²) in [7, 11) is 0. The van der Waals surface area contributed by atoms with Crippen LogP contribution in [0.2, 0.25) is 0 Å². The van der Waals surface area contributed by atoms with Gasteiger partial charge in [0.15, 0.2) is 5.84 Å². The molecule has 5 nitrogen and oxygen atoms in total. The molecule has 2 heterocycles. The fourth-order valence-electron chi connectivity index (χ4n) is 2.54. The van der Waals surface area contributed by atoms with E-state index in [1.54, 1.807) is 0 Å². The Morgan fingerprint density at radius 1 is 1.40 bits per heavy atom. The van der Waals surface area contributed by atoms with Gasteiger partial charge in [0.05, 0.1) is 5.54 Å². The number of hydrogen-bond acceptors (Lipinski definition) is 5. The van der Waals surface area contributed by atoms with Crippen molar-refractivity contribution in [3.05, 3.63) is 22.4 Å². The molecule has 0 amide bonds. The van der Waals surface area contributed by atoms with Crippen molar-refractivity contribution in [3.63, 3.8) is 0 Å². The van der Waals surface area contributed by atoms with Crippen molar-refractivity contribution in [2.75, 3.05) is 32.7 Å². The van der Waals surface area contributed by atoms with E-state index in [0.717, 1.165) is 39.1 Å². The molecule has 0 bridgehead atoms. The molecule has 0 radical (unpaired) electrons. The summed E-state index contributed by atoms with van der Waals surface area (Å²) in [5.41, 5.74) is 5.40. The van der Waals surface area contributed by atoms with Crippen LogP contribution in [0.1, 0.15) is 18.7 Å². The van der Waals surface area contributed by atoms with Gasteiger partial charge < -0.3 is 15.8 Å². The Kier molecular flexibility index (Phi) is 5.01. The van der Waals surface area contributed by atoms with Crippen molar-refractivity contribution in [2.45, 2.75) is 25.8 Å². The zero-order valence-corrected chi connectivity index (χ0v) is 13.1. The van der Waals surface area contributed by atoms with Crippen molar-refractivity contribution in [1.29, 1.82) is 0 Å². The minimum atomic E-state index is -0.380. The van der Waals surface area contributed by atoms with Gasteiger partial charge in [-0.3, -0.25) is 4.90 Å². The van der Waals surface area contributed by atoms with E-state index in [9.17, 15) is 0 Å². The molecule has 1 saturated heterocycles. The molecule has 1 aliphatic rings. The van der Waals surface area contributed by atoms with Gasteiger partial charge in [0.2, 0.25) is 0 Å². The van der Waals surface area contributed by atoms with Crippen LogP contribution < -0.4 is 5.73 Å². The first kappa shape index (κ1) is 15.3. The average molecular weight is 296 g/mol. The summed E-state index contributed by atoms with van der Waals surface area (Å²) >= 11 is 1.83. The van der Waals surface area contributed by atoms with Crippen molar-refractivity contribution in [2.24, 2.45) is 10.9 Å². The van der Waals surface area contributed by atoms with E-state index in [-0.39, 0.29) is 11.4 Å². The zero-order chi connectivity index (χ0) is 14.6. The molecule has 3 N–H and O–H groups in total. The van der Waals surface area contributed by atoms with E-state index in [2.05, 4.69) is 32.5 Å². The Hall–Kier alpha value is -1.11. The lowest BCUT2D eigenvalue weighted by Gasteiger charge is -2.43. The lowest BCUT2D eigenvalue weighted by molar-refractivity contribution is 0.0839. The molecule has 0 atom stereocenters. The van der Waals surface area contributed by atoms with Crippen molar-refractivity contribution in [1.82, 2.24) is 9.80 Å². The Bertz CT molecular complexity index is 436. The second-order valence-electron chi connectivity index (χ2n) is 5.70. The third-order valence-electron chi connectivity index (χ3n) is 4.15. The van der Waals surface area contributed by atoms with Gasteiger partial charge in [-0.15, -0.1) is 11.3 Å². The smallest absolute Gasteiger partial charge is 0.159 e. The van der Waals surface area contributed by atoms with Gasteiger partial charge in [0.25, 0.3) is 0 Å². The molecule has 1 aromatic heterocycles. The van der Waals surface area contributed by atoms with Crippen LogP contribution in [0.3, 0.4) is 0 Å². The minimum Gasteiger partial charge on any atom is -0.409 e. The summed E-state index contributed by atoms with van der Waals surface area (Å²) in [5.74, 6) is 0.282. The van der Waals surface area contributed by atoms with Crippen LogP contribution in [0, 0.1) is 0 Å². The molecule has 2 rings (SSSR count). The quantitative estimate of drug-likeness (QED) is 0.373. The van der Waals surface area contributed by atoms with Crippen LogP contribution in [-0.4, -0.2) is 59.1 Å². The first-order valence-electron chi connectivity index (χ1n) is 7.02. The fourth-order valence-corrected chi connectivity index (χ4v) is 3.24. The maximum Gasteiger partial charge on any atom is 0.159 e. The summed E-state index contributed by atoms with van der Waals surface area (Å²) in [4.78, 5) is 6.21. The Morgan fingerprint density at radius 2 is 2.10 bits per heavy atom. The van der Waals surface area contributed by atoms with Crippen molar-refractivity contribution in [3.8, 4) is 0 Å². The first-order valence-corrected chi connectivity index (χ1v) is 7.90. The van der Waals surface area contributed by atoms with Gasteiger partial charge in [-0.2, -0.15) is 0 Å². The summed E-state index contributed by atoms with van der Waals surface area (Å²) < 4.78 is 0. The molecule has 0 saturated carbocycles. The van der Waals surface area contributed by atoms with Crippen LogP contribution in [0.5, 0.6) is 0 Å². The normalized spacial score (nSPS) is 19.4. The molecule has 112 valence electrons. The summed E-state index contributed by atoms with van der Waals surface area (Å²) in [6.45, 7) is 9.09. The molecule has 0 aromatic carbocycles. The first-order chi connectivity index (χ1) is 9.54. The van der Waals surface area contributed by atoms with Gasteiger partial charge in [0.1, 0.15) is 0 Å². The highest BCUT2D eigenvalue weighted by Crippen LogP contribution is 2.18. The van der Waals surface area contributed by atoms with Crippen LogP contribution in [0.15, 0.2) is 22.7 Å². The largest absolute Gasteiger partial charge is 0.409 e. The van der Waals surface area contributed by atoms with E-state index in [1.165, 1.54) is 4.88 Å². The number of amidine groups is 1. The van der Waals surface area contributed by atoms with E-state index >= 15 is 0 Å². The topological polar surface area (TPSA) is 65.1 Å². The van der Waals surface area contributed by atoms with Gasteiger partial charge >= 0.3 is 0 Å². The Balaban J connectivity index is 1.80.